The molecule has 0 saturated carbocycles. The molecule has 0 aromatic heterocycles. The Morgan fingerprint density at radius 3 is 2.76 bits per heavy atom. The summed E-state index contributed by atoms with van der Waals surface area (Å²) in [5, 5.41) is 11.9. The maximum Gasteiger partial charge on any atom is 0.303 e. The van der Waals surface area contributed by atoms with Crippen molar-refractivity contribution in [2.75, 3.05) is 14.2 Å². The van der Waals surface area contributed by atoms with Crippen LogP contribution in [0.4, 0.5) is 0 Å². The lowest BCUT2D eigenvalue weighted by molar-refractivity contribution is -0.137. The van der Waals surface area contributed by atoms with E-state index in [4.69, 9.17) is 9.84 Å². The van der Waals surface area contributed by atoms with E-state index >= 15 is 0 Å². The van der Waals surface area contributed by atoms with Gasteiger partial charge >= 0.3 is 5.97 Å². The number of carboxylic acid groups (broad SMARTS) is 1. The van der Waals surface area contributed by atoms with E-state index < -0.39 is 5.97 Å². The van der Waals surface area contributed by atoms with E-state index in [-0.39, 0.29) is 12.5 Å². The third-order valence-electron chi connectivity index (χ3n) is 2.76. The lowest BCUT2D eigenvalue weighted by atomic mass is 9.99. The van der Waals surface area contributed by atoms with E-state index in [1.807, 2.05) is 32.2 Å². The summed E-state index contributed by atoms with van der Waals surface area (Å²) in [4.78, 5) is 10.6. The van der Waals surface area contributed by atoms with Gasteiger partial charge in [-0.1, -0.05) is 17.7 Å². The summed E-state index contributed by atoms with van der Waals surface area (Å²) in [6, 6.07) is 5.92. The van der Waals surface area contributed by atoms with Crippen molar-refractivity contribution in [3.05, 3.63) is 29.3 Å². The first-order valence-corrected chi connectivity index (χ1v) is 5.62. The standard InChI is InChI=1S/C13H19NO3/c1-9-4-6-12(17-3)10(8-9)11(14-2)5-7-13(15)16/h4,6,8,11,14H,5,7H2,1-3H3,(H,15,16). The first kappa shape index (κ1) is 13.5. The van der Waals surface area contributed by atoms with Crippen LogP contribution < -0.4 is 10.1 Å². The van der Waals surface area contributed by atoms with E-state index in [0.717, 1.165) is 16.9 Å². The molecule has 0 aliphatic rings. The Kier molecular flexibility index (Phi) is 4.97. The highest BCUT2D eigenvalue weighted by Gasteiger charge is 2.15. The van der Waals surface area contributed by atoms with Gasteiger partial charge in [-0.3, -0.25) is 4.79 Å². The molecule has 2 N–H and O–H groups in total. The molecule has 1 aromatic rings. The Morgan fingerprint density at radius 1 is 1.53 bits per heavy atom. The molecule has 0 fully saturated rings. The third-order valence-corrected chi connectivity index (χ3v) is 2.76. The van der Waals surface area contributed by atoms with Gasteiger partial charge in [-0.2, -0.15) is 0 Å². The fourth-order valence-corrected chi connectivity index (χ4v) is 1.85. The van der Waals surface area contributed by atoms with Crippen LogP contribution in [0.15, 0.2) is 18.2 Å². The molecule has 17 heavy (non-hydrogen) atoms. The first-order chi connectivity index (χ1) is 8.08. The van der Waals surface area contributed by atoms with Crippen LogP contribution in [0.1, 0.15) is 30.0 Å². The van der Waals surface area contributed by atoms with E-state index in [0.29, 0.717) is 6.42 Å². The molecule has 0 spiro atoms. The van der Waals surface area contributed by atoms with Crippen LogP contribution >= 0.6 is 0 Å². The molecule has 0 aliphatic heterocycles. The quantitative estimate of drug-likeness (QED) is 0.795. The largest absolute Gasteiger partial charge is 0.496 e. The van der Waals surface area contributed by atoms with Crippen molar-refractivity contribution in [2.24, 2.45) is 0 Å². The van der Waals surface area contributed by atoms with Gasteiger partial charge in [0.15, 0.2) is 0 Å². The maximum absolute atomic E-state index is 10.6. The summed E-state index contributed by atoms with van der Waals surface area (Å²) in [5.41, 5.74) is 2.15. The zero-order chi connectivity index (χ0) is 12.8. The van der Waals surface area contributed by atoms with Crippen LogP contribution in [-0.4, -0.2) is 25.2 Å². The van der Waals surface area contributed by atoms with Gasteiger partial charge in [0.2, 0.25) is 0 Å². The molecule has 4 heteroatoms. The summed E-state index contributed by atoms with van der Waals surface area (Å²) in [6.07, 6.45) is 0.689. The number of carbonyl (C=O) groups is 1. The van der Waals surface area contributed by atoms with Gasteiger partial charge < -0.3 is 15.2 Å². The Morgan fingerprint density at radius 2 is 2.24 bits per heavy atom. The van der Waals surface area contributed by atoms with Crippen LogP contribution in [0.2, 0.25) is 0 Å². The lowest BCUT2D eigenvalue weighted by Crippen LogP contribution is -2.18. The minimum atomic E-state index is -0.781. The number of benzene rings is 1. The van der Waals surface area contributed by atoms with Gasteiger partial charge in [0.25, 0.3) is 0 Å². The van der Waals surface area contributed by atoms with Crippen molar-refractivity contribution in [3.8, 4) is 5.75 Å². The lowest BCUT2D eigenvalue weighted by Gasteiger charge is -2.19. The Bertz CT molecular complexity index is 390. The molecule has 1 rings (SSSR count). The van der Waals surface area contributed by atoms with E-state index in [1.54, 1.807) is 7.11 Å². The number of hydrogen-bond acceptors (Lipinski definition) is 3. The third kappa shape index (κ3) is 3.75. The molecule has 1 unspecified atom stereocenters. The Labute approximate surface area is 102 Å². The smallest absolute Gasteiger partial charge is 0.303 e. The number of carboxylic acids is 1. The van der Waals surface area contributed by atoms with Crippen LogP contribution in [0.25, 0.3) is 0 Å². The van der Waals surface area contributed by atoms with E-state index in [1.165, 1.54) is 0 Å². The van der Waals surface area contributed by atoms with Gasteiger partial charge in [0.05, 0.1) is 7.11 Å². The molecule has 0 bridgehead atoms. The zero-order valence-corrected chi connectivity index (χ0v) is 10.5. The maximum atomic E-state index is 10.6. The van der Waals surface area contributed by atoms with Crippen molar-refractivity contribution < 1.29 is 14.6 Å². The number of aliphatic carboxylic acids is 1. The minimum absolute atomic E-state index is 0.000880. The van der Waals surface area contributed by atoms with Gasteiger partial charge in [-0.05, 0) is 26.5 Å². The molecule has 94 valence electrons. The molecule has 0 aliphatic carbocycles. The van der Waals surface area contributed by atoms with Crippen molar-refractivity contribution in [1.29, 1.82) is 0 Å². The number of aryl methyl sites for hydroxylation is 1. The van der Waals surface area contributed by atoms with Gasteiger partial charge in [-0.25, -0.2) is 0 Å². The summed E-state index contributed by atoms with van der Waals surface area (Å²) in [7, 11) is 3.45. The summed E-state index contributed by atoms with van der Waals surface area (Å²) >= 11 is 0. The highest BCUT2D eigenvalue weighted by atomic mass is 16.5. The molecular weight excluding hydrogens is 218 g/mol. The van der Waals surface area contributed by atoms with Crippen molar-refractivity contribution in [3.63, 3.8) is 0 Å². The summed E-state index contributed by atoms with van der Waals surface area (Å²) in [6.45, 7) is 2.01. The molecule has 0 radical (unpaired) electrons. The van der Waals surface area contributed by atoms with Crippen LogP contribution in [0, 0.1) is 6.92 Å². The molecule has 4 nitrogen and oxygen atoms in total. The van der Waals surface area contributed by atoms with Crippen LogP contribution in [-0.2, 0) is 4.79 Å². The summed E-state index contributed by atoms with van der Waals surface area (Å²) in [5.74, 6) is 0.0113. The number of methoxy groups -OCH3 is 1. The van der Waals surface area contributed by atoms with Gasteiger partial charge in [0, 0.05) is 18.0 Å². The van der Waals surface area contributed by atoms with Gasteiger partial charge in [0.1, 0.15) is 5.75 Å². The topological polar surface area (TPSA) is 58.6 Å². The normalized spacial score (nSPS) is 12.2. The number of hydrogen-bond donors (Lipinski definition) is 2. The van der Waals surface area contributed by atoms with Crippen LogP contribution in [0.3, 0.4) is 0 Å². The minimum Gasteiger partial charge on any atom is -0.496 e. The number of rotatable bonds is 6. The Balaban J connectivity index is 2.93. The molecule has 0 heterocycles. The van der Waals surface area contributed by atoms with Crippen LogP contribution in [0.5, 0.6) is 5.75 Å². The highest BCUT2D eigenvalue weighted by Crippen LogP contribution is 2.28. The average molecular weight is 237 g/mol. The molecule has 1 aromatic carbocycles. The summed E-state index contributed by atoms with van der Waals surface area (Å²) < 4.78 is 5.30. The SMILES string of the molecule is CNC(CCC(=O)O)c1cc(C)ccc1OC. The van der Waals surface area contributed by atoms with Crippen molar-refractivity contribution >= 4 is 5.97 Å². The second-order valence-electron chi connectivity index (χ2n) is 4.02. The molecule has 0 saturated heterocycles. The first-order valence-electron chi connectivity index (χ1n) is 5.62. The monoisotopic (exact) mass is 237 g/mol. The average Bonchev–Trinajstić information content (AvgIpc) is 2.30. The fourth-order valence-electron chi connectivity index (χ4n) is 1.85. The van der Waals surface area contributed by atoms with Crippen molar-refractivity contribution in [1.82, 2.24) is 5.32 Å². The second-order valence-corrected chi connectivity index (χ2v) is 4.02. The van der Waals surface area contributed by atoms with Crippen molar-refractivity contribution in [2.45, 2.75) is 25.8 Å². The number of nitrogens with one attached hydrogen (secondary N) is 1. The van der Waals surface area contributed by atoms with E-state index in [2.05, 4.69) is 5.32 Å². The molecular formula is C13H19NO3. The zero-order valence-electron chi connectivity index (χ0n) is 10.5. The van der Waals surface area contributed by atoms with E-state index in [9.17, 15) is 4.79 Å². The van der Waals surface area contributed by atoms with Gasteiger partial charge in [-0.15, -0.1) is 0 Å². The second kappa shape index (κ2) is 6.25. The number of ether oxygens (including phenoxy) is 1. The highest BCUT2D eigenvalue weighted by molar-refractivity contribution is 5.66. The fraction of sp³-hybridized carbons (Fsp3) is 0.462. The Hall–Kier alpha value is -1.55. The molecule has 1 atom stereocenters. The predicted octanol–water partition coefficient (Wildman–Crippen LogP) is 2.13. The molecule has 0 amide bonds. The predicted molar refractivity (Wildman–Crippen MR) is 66.4 cm³/mol.